The van der Waals surface area contributed by atoms with Gasteiger partial charge in [-0.1, -0.05) is 265 Å². The lowest BCUT2D eigenvalue weighted by Crippen LogP contribution is -2.16. The van der Waals surface area contributed by atoms with Crippen LogP contribution in [-0.4, -0.2) is 19.8 Å². The molecule has 0 N–H and O–H groups in total. The van der Waals surface area contributed by atoms with Gasteiger partial charge in [-0.2, -0.15) is 0 Å². The number of allylic oxidation sites excluding steroid dienone is 10. The Balaban J connectivity index is 0.000000150. The maximum Gasteiger partial charge on any atom is 0.123 e. The minimum absolute atomic E-state index is 0.122. The van der Waals surface area contributed by atoms with Gasteiger partial charge in [0, 0.05) is 10.0 Å². The monoisotopic (exact) mass is 1570 g/mol. The van der Waals surface area contributed by atoms with Crippen LogP contribution >= 0.6 is 23.2 Å². The lowest BCUT2D eigenvalue weighted by Gasteiger charge is -2.19. The SMILES string of the molecule is C=C(C)COc1ccc2ccc(F)cc2c1.CC(C)(C)COc1ccc2ccc(F)cc2c1.CC(C)COc1ccc2ccc(F)cc2c1.CCCC1=CCc2ccc(Cl)cc21.CCCC1=CCc2ccc(F)cc21.CCCC1=CCc2ccccc21.CCCCC1=CCc2ccc(Cl)cc21.CCCCC1=CCc2ccccc21. The maximum atomic E-state index is 13.1. The molecule has 0 saturated heterocycles. The van der Waals surface area contributed by atoms with Crippen LogP contribution in [0.1, 0.15) is 209 Å². The van der Waals surface area contributed by atoms with E-state index in [1.165, 1.54) is 167 Å². The molecule has 0 unspecified atom stereocenters. The Morgan fingerprint density at radius 2 is 0.684 bits per heavy atom. The van der Waals surface area contributed by atoms with Gasteiger partial charge in [0.25, 0.3) is 0 Å². The highest BCUT2D eigenvalue weighted by Crippen LogP contribution is 2.37. The molecule has 5 aliphatic rings. The number of hydrogen-bond acceptors (Lipinski definition) is 3. The third-order valence-corrected chi connectivity index (χ3v) is 20.5. The molecule has 11 aromatic rings. The van der Waals surface area contributed by atoms with Crippen molar-refractivity contribution in [2.75, 3.05) is 19.8 Å². The third kappa shape index (κ3) is 27.5. The van der Waals surface area contributed by atoms with Crippen molar-refractivity contribution in [2.24, 2.45) is 11.3 Å². The van der Waals surface area contributed by atoms with E-state index in [1.54, 1.807) is 41.5 Å². The Kier molecular flexibility index (Phi) is 34.7. The van der Waals surface area contributed by atoms with Crippen molar-refractivity contribution < 1.29 is 31.8 Å². The molecule has 3 nitrogen and oxygen atoms in total. The van der Waals surface area contributed by atoms with Gasteiger partial charge in [0.2, 0.25) is 0 Å². The molecule has 0 aromatic heterocycles. The first-order valence-corrected chi connectivity index (χ1v) is 41.8. The van der Waals surface area contributed by atoms with Crippen LogP contribution in [0.5, 0.6) is 17.2 Å². The molecule has 16 rings (SSSR count). The van der Waals surface area contributed by atoms with Crippen LogP contribution < -0.4 is 14.2 Å². The maximum absolute atomic E-state index is 13.1. The fraction of sp³-hybridized carbons (Fsp3) is 0.314. The molecular formula is C105H116Cl2F4O3. The molecule has 0 atom stereocenters. The van der Waals surface area contributed by atoms with Crippen LogP contribution in [0.3, 0.4) is 0 Å². The molecule has 0 aliphatic heterocycles. The van der Waals surface area contributed by atoms with Gasteiger partial charge in [0.05, 0.1) is 13.2 Å². The Hall–Kier alpha value is -9.66. The topological polar surface area (TPSA) is 27.7 Å². The predicted octanol–water partition coefficient (Wildman–Crippen LogP) is 31.7. The number of fused-ring (bicyclic) bond motifs is 8. The molecule has 9 heteroatoms. The largest absolute Gasteiger partial charge is 0.493 e. The second-order valence-corrected chi connectivity index (χ2v) is 32.5. The highest BCUT2D eigenvalue weighted by molar-refractivity contribution is 6.31. The summed E-state index contributed by atoms with van der Waals surface area (Å²) >= 11 is 12.0. The van der Waals surface area contributed by atoms with Crippen molar-refractivity contribution in [1.29, 1.82) is 0 Å². The number of hydrogen-bond donors (Lipinski definition) is 0. The van der Waals surface area contributed by atoms with Crippen LogP contribution in [0, 0.1) is 34.6 Å². The van der Waals surface area contributed by atoms with Crippen molar-refractivity contribution in [3.05, 3.63) is 344 Å². The van der Waals surface area contributed by atoms with Crippen LogP contribution in [0.15, 0.2) is 255 Å². The fourth-order valence-electron chi connectivity index (χ4n) is 14.2. The van der Waals surface area contributed by atoms with Gasteiger partial charge in [-0.05, 0) is 326 Å². The van der Waals surface area contributed by atoms with E-state index in [2.05, 4.69) is 179 Å². The van der Waals surface area contributed by atoms with Gasteiger partial charge in [-0.15, -0.1) is 0 Å². The molecule has 0 saturated carbocycles. The molecule has 0 bridgehead atoms. The fourth-order valence-corrected chi connectivity index (χ4v) is 14.5. The average Bonchev–Trinajstić information content (AvgIpc) is 1.34. The summed E-state index contributed by atoms with van der Waals surface area (Å²) < 4.78 is 68.9. The number of ether oxygens (including phenoxy) is 3. The molecule has 0 amide bonds. The van der Waals surface area contributed by atoms with Crippen molar-refractivity contribution in [3.63, 3.8) is 0 Å². The lowest BCUT2D eigenvalue weighted by molar-refractivity contribution is 0.198. The van der Waals surface area contributed by atoms with E-state index in [4.69, 9.17) is 37.4 Å². The van der Waals surface area contributed by atoms with E-state index in [0.29, 0.717) is 25.7 Å². The van der Waals surface area contributed by atoms with Crippen molar-refractivity contribution in [2.45, 2.75) is 185 Å². The Labute approximate surface area is 688 Å². The van der Waals surface area contributed by atoms with E-state index in [9.17, 15) is 17.6 Å². The molecule has 0 heterocycles. The summed E-state index contributed by atoms with van der Waals surface area (Å²) in [7, 11) is 0. The summed E-state index contributed by atoms with van der Waals surface area (Å²) in [4.78, 5) is 0. The lowest BCUT2D eigenvalue weighted by atomic mass is 9.99. The molecule has 0 radical (unpaired) electrons. The quantitative estimate of drug-likeness (QED) is 0.0562. The van der Waals surface area contributed by atoms with Gasteiger partial charge in [-0.25, -0.2) is 17.6 Å². The first-order valence-electron chi connectivity index (χ1n) is 41.1. The predicted molar refractivity (Wildman–Crippen MR) is 482 cm³/mol. The van der Waals surface area contributed by atoms with E-state index >= 15 is 0 Å². The van der Waals surface area contributed by atoms with Crippen LogP contribution in [0.4, 0.5) is 17.6 Å². The summed E-state index contributed by atoms with van der Waals surface area (Å²) in [6.07, 6.45) is 31.7. The average molecular weight is 1570 g/mol. The van der Waals surface area contributed by atoms with E-state index < -0.39 is 0 Å². The summed E-state index contributed by atoms with van der Waals surface area (Å²) in [6.45, 7) is 29.1. The minimum atomic E-state index is -0.232. The van der Waals surface area contributed by atoms with Crippen molar-refractivity contribution in [1.82, 2.24) is 0 Å². The van der Waals surface area contributed by atoms with Crippen molar-refractivity contribution >= 4 is 83.4 Å². The van der Waals surface area contributed by atoms with E-state index in [0.717, 1.165) is 116 Å². The summed E-state index contributed by atoms with van der Waals surface area (Å²) in [5, 5.41) is 7.35. The molecular weight excluding hydrogens is 1460 g/mol. The van der Waals surface area contributed by atoms with Gasteiger partial charge < -0.3 is 14.2 Å². The Morgan fingerprint density at radius 3 is 1.07 bits per heavy atom. The number of rotatable bonds is 20. The van der Waals surface area contributed by atoms with Crippen molar-refractivity contribution in [3.8, 4) is 17.2 Å². The number of halogens is 6. The Morgan fingerprint density at radius 1 is 0.360 bits per heavy atom. The van der Waals surface area contributed by atoms with Gasteiger partial charge >= 0.3 is 0 Å². The first-order chi connectivity index (χ1) is 55.0. The molecule has 0 fully saturated rings. The van der Waals surface area contributed by atoms with Gasteiger partial charge in [-0.3, -0.25) is 0 Å². The smallest absolute Gasteiger partial charge is 0.123 e. The molecule has 5 aliphatic carbocycles. The normalized spacial score (nSPS) is 12.8. The zero-order valence-corrected chi connectivity index (χ0v) is 70.5. The Bertz CT molecular complexity index is 5090. The molecule has 0 spiro atoms. The highest BCUT2D eigenvalue weighted by atomic mass is 35.5. The van der Waals surface area contributed by atoms with Crippen LogP contribution in [0.25, 0.3) is 60.2 Å². The van der Waals surface area contributed by atoms with E-state index in [-0.39, 0.29) is 28.7 Å². The van der Waals surface area contributed by atoms with Gasteiger partial charge in [0.15, 0.2) is 0 Å². The molecule has 11 aromatic carbocycles. The molecule has 596 valence electrons. The van der Waals surface area contributed by atoms with E-state index in [1.807, 2.05) is 79.7 Å². The third-order valence-electron chi connectivity index (χ3n) is 20.0. The second-order valence-electron chi connectivity index (χ2n) is 31.6. The molecule has 114 heavy (non-hydrogen) atoms. The summed E-state index contributed by atoms with van der Waals surface area (Å²) in [5.41, 5.74) is 22.5. The summed E-state index contributed by atoms with van der Waals surface area (Å²) in [5.74, 6) is 2.03. The zero-order chi connectivity index (χ0) is 81.5. The second kappa shape index (κ2) is 44.9. The van der Waals surface area contributed by atoms with Gasteiger partial charge in [0.1, 0.15) is 47.1 Å². The van der Waals surface area contributed by atoms with Crippen LogP contribution in [-0.2, 0) is 32.1 Å². The standard InChI is InChI=1S/C15H17FO.C14H15FO.C14H13FO.C13H15Cl.C13H16.C12H13Cl.C12H13F.C12H14/c1-15(2,3)10-17-14-7-5-11-4-6-13(16)8-12(11)9-14;2*1-10(2)9-16-14-6-4-11-3-5-13(15)7-12(11)8-14;1-2-3-4-10-5-6-11-7-8-12(14)9-13(10)11;1-2-3-6-11-9-10-12-7-4-5-8-13(11)12;2*1-2-3-9-4-5-10-6-7-11(13)8-12(9)10;1-2-5-10-8-9-11-6-3-4-7-12(10)11/h4-9H,10H2,1-3H3;3-8,10H,9H2,1-2H3;3-8H,1,9H2,2H3;5,7-9H,2-4,6H2,1H3;4-5,7-9H,2-3,6,10H2,1H3;2*4,6-8H,2-3,5H2,1H3;3-4,6-8H,2,5,9H2,1H3. The zero-order valence-electron chi connectivity index (χ0n) is 69.0. The highest BCUT2D eigenvalue weighted by Gasteiger charge is 2.18. The summed E-state index contributed by atoms with van der Waals surface area (Å²) in [6, 6.07) is 66.4. The number of unbranched alkanes of at least 4 members (excludes halogenated alkanes) is 2. The first kappa shape index (κ1) is 88.3. The van der Waals surface area contributed by atoms with Crippen LogP contribution in [0.2, 0.25) is 10.0 Å². The minimum Gasteiger partial charge on any atom is -0.493 e. The number of benzene rings is 11.